The number of halogens is 2. The molecule has 3 aromatic rings. The van der Waals surface area contributed by atoms with Crippen molar-refractivity contribution in [3.63, 3.8) is 0 Å². The van der Waals surface area contributed by atoms with Crippen molar-refractivity contribution in [3.05, 3.63) is 89.5 Å². The highest BCUT2D eigenvalue weighted by atomic mass is 19.1. The molecule has 0 spiro atoms. The fourth-order valence-electron chi connectivity index (χ4n) is 3.57. The molecule has 2 N–H and O–H groups in total. The Kier molecular flexibility index (Phi) is 4.84. The predicted molar refractivity (Wildman–Crippen MR) is 111 cm³/mol. The summed E-state index contributed by atoms with van der Waals surface area (Å²) in [4.78, 5) is 19.5. The maximum atomic E-state index is 14.0. The van der Waals surface area contributed by atoms with Gasteiger partial charge in [0.15, 0.2) is 0 Å². The minimum absolute atomic E-state index is 0.207. The van der Waals surface area contributed by atoms with Crippen LogP contribution < -0.4 is 10.6 Å². The van der Waals surface area contributed by atoms with E-state index in [1.54, 1.807) is 47.4 Å². The van der Waals surface area contributed by atoms with E-state index in [0.29, 0.717) is 40.3 Å². The molecule has 0 radical (unpaired) electrons. The summed E-state index contributed by atoms with van der Waals surface area (Å²) in [6, 6.07) is 16.6. The van der Waals surface area contributed by atoms with E-state index < -0.39 is 5.82 Å². The van der Waals surface area contributed by atoms with Crippen LogP contribution in [0.3, 0.4) is 0 Å². The molecule has 1 aliphatic heterocycles. The molecular formula is C23H19F2N3O. The van der Waals surface area contributed by atoms with Crippen molar-refractivity contribution in [1.29, 1.82) is 0 Å². The summed E-state index contributed by atoms with van der Waals surface area (Å²) in [5.74, 6) is -0.976. The number of carbonyl (C=O) groups is 1. The third-order valence-corrected chi connectivity index (χ3v) is 4.90. The Hall–Kier alpha value is -3.54. The lowest BCUT2D eigenvalue weighted by Crippen LogP contribution is -2.44. The predicted octanol–water partition coefficient (Wildman–Crippen LogP) is 5.11. The number of benzene rings is 3. The molecule has 1 amide bonds. The highest BCUT2D eigenvalue weighted by molar-refractivity contribution is 6.16. The zero-order valence-corrected chi connectivity index (χ0v) is 15.8. The van der Waals surface area contributed by atoms with Gasteiger partial charge in [-0.2, -0.15) is 0 Å². The number of amides is 1. The fourth-order valence-corrected chi connectivity index (χ4v) is 3.57. The monoisotopic (exact) mass is 391 g/mol. The zero-order chi connectivity index (χ0) is 20.5. The Balaban J connectivity index is 1.80. The lowest BCUT2D eigenvalue weighted by molar-refractivity contribution is 0.0978. The lowest BCUT2D eigenvalue weighted by Gasteiger charge is -2.36. The molecule has 6 heteroatoms. The number of anilines is 2. The summed E-state index contributed by atoms with van der Waals surface area (Å²) in [6.45, 7) is 1.91. The molecule has 0 aliphatic carbocycles. The maximum absolute atomic E-state index is 14.0. The third-order valence-electron chi connectivity index (χ3n) is 4.90. The second-order valence-electron chi connectivity index (χ2n) is 7.05. The fraction of sp³-hybridized carbons (Fsp3) is 0.130. The van der Waals surface area contributed by atoms with Gasteiger partial charge in [-0.25, -0.2) is 8.78 Å². The van der Waals surface area contributed by atoms with Gasteiger partial charge in [-0.15, -0.1) is 0 Å². The Morgan fingerprint density at radius 2 is 1.76 bits per heavy atom. The van der Waals surface area contributed by atoms with Crippen LogP contribution in [-0.2, 0) is 0 Å². The van der Waals surface area contributed by atoms with Gasteiger partial charge in [0.05, 0.1) is 17.1 Å². The van der Waals surface area contributed by atoms with E-state index in [1.165, 1.54) is 24.3 Å². The minimum atomic E-state index is -0.415. The van der Waals surface area contributed by atoms with E-state index in [-0.39, 0.29) is 17.8 Å². The van der Waals surface area contributed by atoms with Crippen molar-refractivity contribution in [1.82, 2.24) is 0 Å². The first-order chi connectivity index (χ1) is 13.9. The molecular weight excluding hydrogens is 372 g/mol. The molecule has 1 aliphatic rings. The maximum Gasteiger partial charge on any atom is 0.258 e. The first-order valence-corrected chi connectivity index (χ1v) is 9.24. The average molecular weight is 391 g/mol. The number of nitrogens with two attached hydrogens (primary N) is 1. The number of fused-ring (bicyclic) bond motifs is 1. The highest BCUT2D eigenvalue weighted by Gasteiger charge is 2.32. The number of carbonyl (C=O) groups excluding carboxylic acids is 1. The van der Waals surface area contributed by atoms with E-state index in [0.717, 1.165) is 0 Å². The van der Waals surface area contributed by atoms with Gasteiger partial charge in [0.25, 0.3) is 5.91 Å². The summed E-state index contributed by atoms with van der Waals surface area (Å²) in [5.41, 5.74) is 9.14. The average Bonchev–Trinajstić information content (AvgIpc) is 2.70. The van der Waals surface area contributed by atoms with Crippen LogP contribution in [0.4, 0.5) is 25.8 Å². The van der Waals surface area contributed by atoms with Crippen LogP contribution in [0.2, 0.25) is 0 Å². The zero-order valence-electron chi connectivity index (χ0n) is 15.8. The number of hydrogen-bond donors (Lipinski definition) is 1. The molecule has 3 aromatic carbocycles. The largest absolute Gasteiger partial charge is 0.399 e. The molecule has 0 bridgehead atoms. The normalized spacial score (nSPS) is 17.3. The lowest BCUT2D eigenvalue weighted by atomic mass is 9.93. The van der Waals surface area contributed by atoms with Crippen molar-refractivity contribution >= 4 is 28.7 Å². The van der Waals surface area contributed by atoms with Crippen LogP contribution in [0.15, 0.2) is 71.7 Å². The first kappa shape index (κ1) is 18.8. The van der Waals surface area contributed by atoms with Crippen molar-refractivity contribution < 1.29 is 13.6 Å². The van der Waals surface area contributed by atoms with Gasteiger partial charge in [0, 0.05) is 29.3 Å². The van der Waals surface area contributed by atoms with Gasteiger partial charge in [0.1, 0.15) is 11.6 Å². The van der Waals surface area contributed by atoms with E-state index >= 15 is 0 Å². The molecule has 0 saturated heterocycles. The standard InChI is InChI=1S/C23H19F2N3O/c1-14-11-21(27-19-8-5-16(24)6-9-19)20-13-17(25)7-10-22(20)28(14)23(29)15-3-2-4-18(26)12-15/h2-10,12-14H,11,26H2,1H3. The Labute approximate surface area is 167 Å². The van der Waals surface area contributed by atoms with Gasteiger partial charge in [-0.3, -0.25) is 9.79 Å². The summed E-state index contributed by atoms with van der Waals surface area (Å²) in [5, 5.41) is 0. The summed E-state index contributed by atoms with van der Waals surface area (Å²) in [6.07, 6.45) is 0.432. The van der Waals surface area contributed by atoms with Crippen LogP contribution in [0.1, 0.15) is 29.3 Å². The van der Waals surface area contributed by atoms with Gasteiger partial charge in [-0.1, -0.05) is 6.07 Å². The number of nitrogens with zero attached hydrogens (tertiary/aromatic N) is 2. The SMILES string of the molecule is CC1CC(=Nc2ccc(F)cc2)c2cc(F)ccc2N1C(=O)c1cccc(N)c1. The van der Waals surface area contributed by atoms with Gasteiger partial charge in [-0.05, 0) is 67.6 Å². The Bertz CT molecular complexity index is 1110. The molecule has 29 heavy (non-hydrogen) atoms. The molecule has 146 valence electrons. The highest BCUT2D eigenvalue weighted by Crippen LogP contribution is 2.34. The molecule has 0 fully saturated rings. The second-order valence-corrected chi connectivity index (χ2v) is 7.05. The number of rotatable bonds is 2. The minimum Gasteiger partial charge on any atom is -0.399 e. The number of aliphatic imine (C=N–C) groups is 1. The summed E-state index contributed by atoms with van der Waals surface area (Å²) >= 11 is 0. The smallest absolute Gasteiger partial charge is 0.258 e. The third kappa shape index (κ3) is 3.74. The van der Waals surface area contributed by atoms with Crippen LogP contribution in [0.25, 0.3) is 0 Å². The van der Waals surface area contributed by atoms with Crippen LogP contribution >= 0.6 is 0 Å². The van der Waals surface area contributed by atoms with E-state index in [9.17, 15) is 13.6 Å². The topological polar surface area (TPSA) is 58.7 Å². The van der Waals surface area contributed by atoms with Gasteiger partial charge < -0.3 is 10.6 Å². The van der Waals surface area contributed by atoms with Crippen molar-refractivity contribution in [2.45, 2.75) is 19.4 Å². The van der Waals surface area contributed by atoms with Crippen LogP contribution in [-0.4, -0.2) is 17.7 Å². The molecule has 1 atom stereocenters. The first-order valence-electron chi connectivity index (χ1n) is 9.24. The quantitative estimate of drug-likeness (QED) is 0.618. The Morgan fingerprint density at radius 1 is 1.03 bits per heavy atom. The number of hydrogen-bond acceptors (Lipinski definition) is 3. The molecule has 4 rings (SSSR count). The van der Waals surface area contributed by atoms with Crippen molar-refractivity contribution in [3.8, 4) is 0 Å². The van der Waals surface area contributed by atoms with Gasteiger partial charge in [0.2, 0.25) is 0 Å². The Morgan fingerprint density at radius 3 is 2.48 bits per heavy atom. The van der Waals surface area contributed by atoms with Crippen LogP contribution in [0, 0.1) is 11.6 Å². The van der Waals surface area contributed by atoms with Gasteiger partial charge >= 0.3 is 0 Å². The summed E-state index contributed by atoms with van der Waals surface area (Å²) in [7, 11) is 0. The molecule has 4 nitrogen and oxygen atoms in total. The molecule has 0 saturated carbocycles. The van der Waals surface area contributed by atoms with E-state index in [1.807, 2.05) is 6.92 Å². The van der Waals surface area contributed by atoms with Crippen molar-refractivity contribution in [2.75, 3.05) is 10.6 Å². The van der Waals surface area contributed by atoms with Crippen LogP contribution in [0.5, 0.6) is 0 Å². The molecule has 0 aromatic heterocycles. The number of nitrogen functional groups attached to an aromatic ring is 1. The van der Waals surface area contributed by atoms with E-state index in [4.69, 9.17) is 5.73 Å². The van der Waals surface area contributed by atoms with Crippen molar-refractivity contribution in [2.24, 2.45) is 4.99 Å². The summed E-state index contributed by atoms with van der Waals surface area (Å²) < 4.78 is 27.2. The molecule has 1 heterocycles. The molecule has 1 unspecified atom stereocenters. The second kappa shape index (κ2) is 7.47. The van der Waals surface area contributed by atoms with E-state index in [2.05, 4.69) is 4.99 Å².